The highest BCUT2D eigenvalue weighted by atomic mass is 19.4. The SMILES string of the molecule is CCC(C)(C)C(=O)OC(C)(OCC1CC2CCC1C2)C(F)F.CCC(C)c1ccc(C(C)(O)C(F)(F)F)cc1. The number of esters is 1. The Hall–Kier alpha value is -1.74. The second kappa shape index (κ2) is 12.8. The minimum Gasteiger partial charge on any atom is -0.427 e. The molecule has 224 valence electrons. The van der Waals surface area contributed by atoms with E-state index in [9.17, 15) is 31.9 Å². The Labute approximate surface area is 229 Å². The summed E-state index contributed by atoms with van der Waals surface area (Å²) in [6.45, 7) is 11.4. The summed E-state index contributed by atoms with van der Waals surface area (Å²) in [6, 6.07) is 5.97. The van der Waals surface area contributed by atoms with E-state index in [0.717, 1.165) is 31.2 Å². The van der Waals surface area contributed by atoms with Gasteiger partial charge in [0.2, 0.25) is 0 Å². The van der Waals surface area contributed by atoms with Crippen LogP contribution in [0.2, 0.25) is 0 Å². The van der Waals surface area contributed by atoms with Crippen LogP contribution in [-0.2, 0) is 19.9 Å². The van der Waals surface area contributed by atoms with Gasteiger partial charge in [-0.2, -0.15) is 13.2 Å². The van der Waals surface area contributed by atoms with Gasteiger partial charge in [0.05, 0.1) is 12.0 Å². The molecule has 0 saturated heterocycles. The zero-order chi connectivity index (χ0) is 29.8. The summed E-state index contributed by atoms with van der Waals surface area (Å²) in [5.74, 6) is -0.821. The molecule has 0 spiro atoms. The standard InChI is InChI=1S/C17H28F2O3.C13H17F3O/c1-5-16(2,3)15(20)22-17(4,14(18)19)21-10-13-9-11-6-7-12(13)8-11;1-4-9(2)10-5-7-11(8-6-10)12(3,17)13(14,15)16/h11-14H,5-10H2,1-4H3;5-9,17H,4H2,1-3H3. The quantitative estimate of drug-likeness (QED) is 0.176. The molecule has 2 aliphatic rings. The van der Waals surface area contributed by atoms with Gasteiger partial charge in [-0.15, -0.1) is 0 Å². The number of carbonyl (C=O) groups excluding carboxylic acids is 1. The van der Waals surface area contributed by atoms with Crippen LogP contribution >= 0.6 is 0 Å². The molecular formula is C30H45F5O4. The number of halogens is 5. The summed E-state index contributed by atoms with van der Waals surface area (Å²) in [4.78, 5) is 12.1. The lowest BCUT2D eigenvalue weighted by atomic mass is 9.89. The fraction of sp³-hybridized carbons (Fsp3) is 0.767. The van der Waals surface area contributed by atoms with E-state index in [2.05, 4.69) is 0 Å². The average molecular weight is 565 g/mol. The van der Waals surface area contributed by atoms with Crippen LogP contribution < -0.4 is 0 Å². The smallest absolute Gasteiger partial charge is 0.421 e. The van der Waals surface area contributed by atoms with Crippen LogP contribution in [-0.4, -0.2) is 36.1 Å². The first-order valence-corrected chi connectivity index (χ1v) is 13.9. The molecule has 0 amide bonds. The molecular weight excluding hydrogens is 519 g/mol. The van der Waals surface area contributed by atoms with E-state index in [-0.39, 0.29) is 12.2 Å². The van der Waals surface area contributed by atoms with E-state index < -0.39 is 35.4 Å². The number of benzene rings is 1. The Bertz CT molecular complexity index is 928. The van der Waals surface area contributed by atoms with E-state index in [1.54, 1.807) is 26.0 Å². The second-order valence-electron chi connectivity index (χ2n) is 12.2. The first-order chi connectivity index (χ1) is 17.9. The van der Waals surface area contributed by atoms with E-state index in [1.807, 2.05) is 20.8 Å². The highest BCUT2D eigenvalue weighted by molar-refractivity contribution is 5.76. The van der Waals surface area contributed by atoms with Gasteiger partial charge in [0.1, 0.15) is 0 Å². The lowest BCUT2D eigenvalue weighted by molar-refractivity contribution is -0.281. The molecule has 1 aromatic carbocycles. The number of rotatable bonds is 10. The number of hydrogen-bond acceptors (Lipinski definition) is 4. The molecule has 0 heterocycles. The predicted molar refractivity (Wildman–Crippen MR) is 140 cm³/mol. The summed E-state index contributed by atoms with van der Waals surface area (Å²) in [5, 5.41) is 9.48. The van der Waals surface area contributed by atoms with Crippen molar-refractivity contribution in [3.8, 4) is 0 Å². The van der Waals surface area contributed by atoms with Crippen LogP contribution in [0.5, 0.6) is 0 Å². The third kappa shape index (κ3) is 8.15. The van der Waals surface area contributed by atoms with Crippen molar-refractivity contribution in [2.45, 2.75) is 117 Å². The zero-order valence-electron chi connectivity index (χ0n) is 24.2. The van der Waals surface area contributed by atoms with Crippen LogP contribution in [0, 0.1) is 23.2 Å². The van der Waals surface area contributed by atoms with Crippen molar-refractivity contribution < 1.29 is 41.3 Å². The minimum absolute atomic E-state index is 0.128. The van der Waals surface area contributed by atoms with Crippen molar-refractivity contribution in [2.75, 3.05) is 6.61 Å². The van der Waals surface area contributed by atoms with Gasteiger partial charge in [-0.1, -0.05) is 51.5 Å². The van der Waals surface area contributed by atoms with Gasteiger partial charge >= 0.3 is 18.6 Å². The van der Waals surface area contributed by atoms with Crippen LogP contribution in [0.25, 0.3) is 0 Å². The van der Waals surface area contributed by atoms with Gasteiger partial charge in [0.15, 0.2) is 5.60 Å². The van der Waals surface area contributed by atoms with Crippen molar-refractivity contribution in [3.05, 3.63) is 35.4 Å². The third-order valence-electron chi connectivity index (χ3n) is 8.80. The molecule has 2 bridgehead atoms. The second-order valence-corrected chi connectivity index (χ2v) is 12.2. The molecule has 2 aliphatic carbocycles. The predicted octanol–water partition coefficient (Wildman–Crippen LogP) is 8.37. The number of aliphatic hydroxyl groups is 1. The van der Waals surface area contributed by atoms with Crippen LogP contribution in [0.3, 0.4) is 0 Å². The average Bonchev–Trinajstić information content (AvgIpc) is 3.50. The summed E-state index contributed by atoms with van der Waals surface area (Å²) in [7, 11) is 0. The maximum Gasteiger partial charge on any atom is 0.421 e. The number of hydrogen-bond donors (Lipinski definition) is 1. The van der Waals surface area contributed by atoms with Gasteiger partial charge in [0, 0.05) is 6.92 Å². The van der Waals surface area contributed by atoms with Crippen molar-refractivity contribution in [1.29, 1.82) is 0 Å². The fourth-order valence-electron chi connectivity index (χ4n) is 4.99. The van der Waals surface area contributed by atoms with Crippen LogP contribution in [0.15, 0.2) is 24.3 Å². The summed E-state index contributed by atoms with van der Waals surface area (Å²) < 4.78 is 75.1. The largest absolute Gasteiger partial charge is 0.427 e. The maximum atomic E-state index is 13.4. The number of ether oxygens (including phenoxy) is 2. The van der Waals surface area contributed by atoms with Crippen molar-refractivity contribution in [2.24, 2.45) is 23.2 Å². The van der Waals surface area contributed by atoms with Gasteiger partial charge < -0.3 is 14.6 Å². The molecule has 39 heavy (non-hydrogen) atoms. The van der Waals surface area contributed by atoms with E-state index in [1.165, 1.54) is 38.3 Å². The number of fused-ring (bicyclic) bond motifs is 2. The summed E-state index contributed by atoms with van der Waals surface area (Å²) >= 11 is 0. The molecule has 6 atom stereocenters. The zero-order valence-corrected chi connectivity index (χ0v) is 24.2. The van der Waals surface area contributed by atoms with Gasteiger partial charge in [-0.05, 0) is 87.7 Å². The Balaban J connectivity index is 0.000000283. The highest BCUT2D eigenvalue weighted by Crippen LogP contribution is 2.48. The van der Waals surface area contributed by atoms with Crippen LogP contribution in [0.1, 0.15) is 104 Å². The minimum atomic E-state index is -4.66. The van der Waals surface area contributed by atoms with Crippen molar-refractivity contribution in [3.63, 3.8) is 0 Å². The Morgan fingerprint density at radius 2 is 1.62 bits per heavy atom. The van der Waals surface area contributed by atoms with Gasteiger partial charge in [0.25, 0.3) is 5.79 Å². The number of carbonyl (C=O) groups is 1. The van der Waals surface area contributed by atoms with Crippen LogP contribution in [0.4, 0.5) is 22.0 Å². The molecule has 2 fully saturated rings. The highest BCUT2D eigenvalue weighted by Gasteiger charge is 2.51. The molecule has 0 aliphatic heterocycles. The molecule has 4 nitrogen and oxygen atoms in total. The van der Waals surface area contributed by atoms with Crippen molar-refractivity contribution >= 4 is 5.97 Å². The summed E-state index contributed by atoms with van der Waals surface area (Å²) in [5.41, 5.74) is -2.72. The molecule has 6 unspecified atom stereocenters. The topological polar surface area (TPSA) is 55.8 Å². The molecule has 2 saturated carbocycles. The van der Waals surface area contributed by atoms with Crippen molar-refractivity contribution in [1.82, 2.24) is 0 Å². The fourth-order valence-corrected chi connectivity index (χ4v) is 4.99. The van der Waals surface area contributed by atoms with Gasteiger partial charge in [-0.3, -0.25) is 4.79 Å². The van der Waals surface area contributed by atoms with E-state index in [4.69, 9.17) is 9.47 Å². The Morgan fingerprint density at radius 3 is 2.03 bits per heavy atom. The van der Waals surface area contributed by atoms with E-state index in [0.29, 0.717) is 24.2 Å². The normalized spacial score (nSPS) is 24.9. The monoisotopic (exact) mass is 564 g/mol. The number of alkyl halides is 5. The third-order valence-corrected chi connectivity index (χ3v) is 8.80. The lowest BCUT2D eigenvalue weighted by Crippen LogP contribution is -2.46. The molecule has 1 N–H and O–H groups in total. The lowest BCUT2D eigenvalue weighted by Gasteiger charge is -2.34. The maximum absolute atomic E-state index is 13.4. The molecule has 0 radical (unpaired) electrons. The first-order valence-electron chi connectivity index (χ1n) is 13.9. The molecule has 0 aromatic heterocycles. The first kappa shape index (κ1) is 33.5. The molecule has 1 aromatic rings. The molecule has 9 heteroatoms. The molecule has 3 rings (SSSR count). The van der Waals surface area contributed by atoms with E-state index >= 15 is 0 Å². The Morgan fingerprint density at radius 1 is 1.03 bits per heavy atom. The van der Waals surface area contributed by atoms with Gasteiger partial charge in [-0.25, -0.2) is 8.78 Å². The Kier molecular flexibility index (Phi) is 11.0. The summed E-state index contributed by atoms with van der Waals surface area (Å²) in [6.07, 6.45) is -1.39.